The normalized spacial score (nSPS) is 16.3. The summed E-state index contributed by atoms with van der Waals surface area (Å²) in [5, 5.41) is 5.53. The van der Waals surface area contributed by atoms with Gasteiger partial charge in [-0.25, -0.2) is 4.79 Å². The highest BCUT2D eigenvalue weighted by atomic mass is 16.2. The molecule has 0 saturated heterocycles. The van der Waals surface area contributed by atoms with Gasteiger partial charge in [-0.05, 0) is 0 Å². The van der Waals surface area contributed by atoms with Crippen molar-refractivity contribution >= 4 is 17.3 Å². The zero-order chi connectivity index (χ0) is 13.4. The highest BCUT2D eigenvalue weighted by Gasteiger charge is 2.29. The molecule has 0 radical (unpaired) electrons. The van der Waals surface area contributed by atoms with Crippen molar-refractivity contribution in [2.75, 3.05) is 10.6 Å². The number of carbonyl (C=O) groups is 1. The minimum atomic E-state index is -0.767. The van der Waals surface area contributed by atoms with Crippen molar-refractivity contribution < 1.29 is 4.79 Å². The number of fused-ring (bicyclic) bond motifs is 1. The van der Waals surface area contributed by atoms with Gasteiger partial charge in [-0.15, -0.1) is 0 Å². The molecule has 2 aromatic rings. The average molecular weight is 258 g/mol. The fourth-order valence-corrected chi connectivity index (χ4v) is 1.96. The average Bonchev–Trinajstić information content (AvgIpc) is 2.83. The first-order valence-electron chi connectivity index (χ1n) is 5.64. The van der Waals surface area contributed by atoms with E-state index in [-0.39, 0.29) is 17.3 Å². The van der Waals surface area contributed by atoms with Crippen molar-refractivity contribution in [1.82, 2.24) is 9.97 Å². The monoisotopic (exact) mass is 258 g/mol. The van der Waals surface area contributed by atoms with Crippen LogP contribution in [0.15, 0.2) is 39.9 Å². The molecule has 1 unspecified atom stereocenters. The Bertz CT molecular complexity index is 748. The standard InChI is InChI=1S/C12H10N4O3/c17-8(6-4-2-1-3-5-6)10-13-7-9(14-10)15-12(19)16-11(7)18/h1-5,10,13H,(H3,14,15,16,18,19). The lowest BCUT2D eigenvalue weighted by Crippen LogP contribution is -2.32. The van der Waals surface area contributed by atoms with Gasteiger partial charge in [-0.1, -0.05) is 30.3 Å². The maximum absolute atomic E-state index is 12.2. The van der Waals surface area contributed by atoms with Gasteiger partial charge in [0, 0.05) is 5.56 Å². The smallest absolute Gasteiger partial charge is 0.327 e. The molecular weight excluding hydrogens is 248 g/mol. The van der Waals surface area contributed by atoms with Crippen molar-refractivity contribution in [2.45, 2.75) is 6.17 Å². The van der Waals surface area contributed by atoms with Gasteiger partial charge in [0.1, 0.15) is 11.5 Å². The van der Waals surface area contributed by atoms with Gasteiger partial charge >= 0.3 is 5.69 Å². The number of Topliss-reactive ketones (excluding diaryl/α,β-unsaturated/α-hetero) is 1. The number of anilines is 2. The second-order valence-electron chi connectivity index (χ2n) is 4.11. The second kappa shape index (κ2) is 4.13. The summed E-state index contributed by atoms with van der Waals surface area (Å²) in [7, 11) is 0. The Morgan fingerprint density at radius 1 is 1.00 bits per heavy atom. The summed E-state index contributed by atoms with van der Waals surface area (Å²) >= 11 is 0. The van der Waals surface area contributed by atoms with E-state index < -0.39 is 17.4 Å². The van der Waals surface area contributed by atoms with Crippen LogP contribution in [0.5, 0.6) is 0 Å². The number of aromatic nitrogens is 2. The molecule has 1 atom stereocenters. The summed E-state index contributed by atoms with van der Waals surface area (Å²) in [5.41, 5.74) is -0.506. The Hall–Kier alpha value is -2.83. The molecule has 1 aliphatic heterocycles. The van der Waals surface area contributed by atoms with E-state index in [2.05, 4.69) is 20.6 Å². The summed E-state index contributed by atoms with van der Waals surface area (Å²) in [5.74, 6) is 0.0140. The molecule has 0 aliphatic carbocycles. The van der Waals surface area contributed by atoms with Crippen molar-refractivity contribution in [3.8, 4) is 0 Å². The largest absolute Gasteiger partial charge is 0.351 e. The molecule has 3 rings (SSSR count). The molecule has 96 valence electrons. The third kappa shape index (κ3) is 1.90. The molecule has 0 bridgehead atoms. The number of benzene rings is 1. The molecule has 1 aliphatic rings. The molecule has 1 aromatic heterocycles. The number of nitrogens with one attached hydrogen (secondary N) is 4. The van der Waals surface area contributed by atoms with Gasteiger partial charge in [0.05, 0.1) is 0 Å². The minimum Gasteiger partial charge on any atom is -0.351 e. The lowest BCUT2D eigenvalue weighted by Gasteiger charge is -2.10. The van der Waals surface area contributed by atoms with Crippen LogP contribution in [-0.2, 0) is 0 Å². The molecule has 2 heterocycles. The molecule has 19 heavy (non-hydrogen) atoms. The number of aromatic amines is 2. The van der Waals surface area contributed by atoms with Crippen LogP contribution in [0.2, 0.25) is 0 Å². The number of rotatable bonds is 2. The van der Waals surface area contributed by atoms with Gasteiger partial charge in [0.25, 0.3) is 5.56 Å². The van der Waals surface area contributed by atoms with Crippen molar-refractivity contribution in [1.29, 1.82) is 0 Å². The first-order chi connectivity index (χ1) is 9.15. The lowest BCUT2D eigenvalue weighted by molar-refractivity contribution is 0.0980. The molecular formula is C12H10N4O3. The van der Waals surface area contributed by atoms with Gasteiger partial charge in [-0.2, -0.15) is 0 Å². The molecule has 0 fully saturated rings. The molecule has 7 nitrogen and oxygen atoms in total. The summed E-state index contributed by atoms with van der Waals surface area (Å²) in [4.78, 5) is 39.4. The lowest BCUT2D eigenvalue weighted by atomic mass is 10.1. The molecule has 4 N–H and O–H groups in total. The topological polar surface area (TPSA) is 107 Å². The first-order valence-corrected chi connectivity index (χ1v) is 5.64. The van der Waals surface area contributed by atoms with E-state index in [9.17, 15) is 14.4 Å². The van der Waals surface area contributed by atoms with Crippen LogP contribution >= 0.6 is 0 Å². The van der Waals surface area contributed by atoms with E-state index in [4.69, 9.17) is 0 Å². The fraction of sp³-hybridized carbons (Fsp3) is 0.0833. The van der Waals surface area contributed by atoms with Crippen LogP contribution < -0.4 is 21.9 Å². The number of hydrogen-bond donors (Lipinski definition) is 4. The molecule has 7 heteroatoms. The third-order valence-electron chi connectivity index (χ3n) is 2.84. The zero-order valence-corrected chi connectivity index (χ0v) is 9.69. The van der Waals surface area contributed by atoms with E-state index in [1.54, 1.807) is 24.3 Å². The Balaban J connectivity index is 1.93. The maximum Gasteiger partial charge on any atom is 0.327 e. The highest BCUT2D eigenvalue weighted by Crippen LogP contribution is 2.22. The summed E-state index contributed by atoms with van der Waals surface area (Å²) < 4.78 is 0. The van der Waals surface area contributed by atoms with E-state index in [0.29, 0.717) is 5.56 Å². The van der Waals surface area contributed by atoms with Gasteiger partial charge in [0.2, 0.25) is 5.78 Å². The van der Waals surface area contributed by atoms with Crippen molar-refractivity contribution in [2.24, 2.45) is 0 Å². The third-order valence-corrected chi connectivity index (χ3v) is 2.84. The number of ketones is 1. The Kier molecular flexibility index (Phi) is 2.45. The van der Waals surface area contributed by atoms with E-state index in [0.717, 1.165) is 0 Å². The first kappa shape index (κ1) is 11.3. The van der Waals surface area contributed by atoms with Crippen molar-refractivity contribution in [3.05, 3.63) is 56.7 Å². The Labute approximate surface area is 106 Å². The Morgan fingerprint density at radius 3 is 2.47 bits per heavy atom. The number of H-pyrrole nitrogens is 2. The fourth-order valence-electron chi connectivity index (χ4n) is 1.96. The molecule has 0 spiro atoms. The van der Waals surface area contributed by atoms with E-state index in [1.807, 2.05) is 6.07 Å². The molecule has 0 amide bonds. The van der Waals surface area contributed by atoms with Crippen LogP contribution in [-0.4, -0.2) is 21.9 Å². The quantitative estimate of drug-likeness (QED) is 0.572. The van der Waals surface area contributed by atoms with Crippen LogP contribution in [0, 0.1) is 0 Å². The summed E-state index contributed by atoms with van der Waals surface area (Å²) in [6, 6.07) is 8.68. The number of carbonyl (C=O) groups excluding carboxylic acids is 1. The second-order valence-corrected chi connectivity index (χ2v) is 4.11. The van der Waals surface area contributed by atoms with Gasteiger partial charge in [-0.3, -0.25) is 19.6 Å². The molecule has 0 saturated carbocycles. The van der Waals surface area contributed by atoms with E-state index >= 15 is 0 Å². The predicted molar refractivity (Wildman–Crippen MR) is 69.5 cm³/mol. The predicted octanol–water partition coefficient (Wildman–Crippen LogP) is 0.110. The molecule has 1 aromatic carbocycles. The van der Waals surface area contributed by atoms with Crippen molar-refractivity contribution in [3.63, 3.8) is 0 Å². The Morgan fingerprint density at radius 2 is 1.74 bits per heavy atom. The van der Waals surface area contributed by atoms with Crippen LogP contribution in [0.4, 0.5) is 11.5 Å². The van der Waals surface area contributed by atoms with Crippen LogP contribution in [0.3, 0.4) is 0 Å². The van der Waals surface area contributed by atoms with Gasteiger partial charge < -0.3 is 10.6 Å². The highest BCUT2D eigenvalue weighted by molar-refractivity contribution is 6.04. The van der Waals surface area contributed by atoms with Gasteiger partial charge in [0.15, 0.2) is 6.17 Å². The number of hydrogen-bond acceptors (Lipinski definition) is 5. The zero-order valence-electron chi connectivity index (χ0n) is 9.69. The SMILES string of the molecule is O=C(c1ccccc1)C1Nc2[nH]c(=O)[nH]c(=O)c2N1. The summed E-state index contributed by atoms with van der Waals surface area (Å²) in [6.45, 7) is 0. The summed E-state index contributed by atoms with van der Waals surface area (Å²) in [6.07, 6.45) is -0.767. The van der Waals surface area contributed by atoms with Crippen LogP contribution in [0.1, 0.15) is 10.4 Å². The van der Waals surface area contributed by atoms with Crippen LogP contribution in [0.25, 0.3) is 0 Å². The minimum absolute atomic E-state index is 0.161. The maximum atomic E-state index is 12.2. The van der Waals surface area contributed by atoms with E-state index in [1.165, 1.54) is 0 Å².